The molecule has 7 nitrogen and oxygen atoms in total. The van der Waals surface area contributed by atoms with Crippen LogP contribution in [0.1, 0.15) is 12.8 Å². The number of hydrogen-bond donors (Lipinski definition) is 0. The summed E-state index contributed by atoms with van der Waals surface area (Å²) in [7, 11) is 0. The van der Waals surface area contributed by atoms with E-state index < -0.39 is 29.3 Å². The first-order valence-electron chi connectivity index (χ1n) is 4.46. The fraction of sp³-hybridized carbons (Fsp3) is 0.667. The molecule has 2 aliphatic heterocycles. The van der Waals surface area contributed by atoms with Gasteiger partial charge in [0.1, 0.15) is 0 Å². The fourth-order valence-corrected chi connectivity index (χ4v) is 18.4. The Morgan fingerprint density at radius 1 is 1.31 bits per heavy atom. The Kier molecular flexibility index (Phi) is 5.32. The van der Waals surface area contributed by atoms with Crippen LogP contribution in [0, 0.1) is 0 Å². The SMILES string of the molecule is O.O=C1C[CH2][Ge]([O][Ge]2([O][Ge])[CH2]CC(=O)[O]2)[O]1. The van der Waals surface area contributed by atoms with Crippen LogP contribution >= 0.6 is 0 Å². The molecule has 1 atom stereocenters. The quantitative estimate of drug-likeness (QED) is 0.529. The molecule has 1 unspecified atom stereocenters. The summed E-state index contributed by atoms with van der Waals surface area (Å²) in [5.74, 6) is -0.469. The van der Waals surface area contributed by atoms with Gasteiger partial charge in [-0.15, -0.1) is 0 Å². The third-order valence-electron chi connectivity index (χ3n) is 2.09. The van der Waals surface area contributed by atoms with Gasteiger partial charge in [-0.05, 0) is 0 Å². The normalized spacial score (nSPS) is 29.8. The summed E-state index contributed by atoms with van der Waals surface area (Å²) in [6, 6.07) is 0. The average molecular weight is 412 g/mol. The Bertz CT molecular complexity index is 298. The van der Waals surface area contributed by atoms with Crippen molar-refractivity contribution in [1.29, 1.82) is 0 Å². The van der Waals surface area contributed by atoms with E-state index in [-0.39, 0.29) is 17.4 Å². The Hall–Kier alpha value is 0.449. The Morgan fingerprint density at radius 2 is 2.06 bits per heavy atom. The third-order valence-corrected chi connectivity index (χ3v) is 18.4. The van der Waals surface area contributed by atoms with Crippen LogP contribution in [0.15, 0.2) is 0 Å². The second kappa shape index (κ2) is 5.87. The molecule has 88 valence electrons. The zero-order chi connectivity index (χ0) is 10.9. The fourth-order valence-electron chi connectivity index (χ4n) is 1.37. The monoisotopic (exact) mass is 416 g/mol. The van der Waals surface area contributed by atoms with Crippen molar-refractivity contribution >= 4 is 58.1 Å². The standard InChI is InChI=1S/C6H8Ge3O6.H2O/c7-14-9(4-2-6(11)13-9)15-8-3-1-5(10)12-8;/h1-4H2;1H2. The van der Waals surface area contributed by atoms with E-state index in [1.165, 1.54) is 16.9 Å². The van der Waals surface area contributed by atoms with Crippen molar-refractivity contribution in [2.24, 2.45) is 0 Å². The molecule has 2 saturated heterocycles. The minimum atomic E-state index is -3.35. The number of carbonyl (C=O) groups excluding carboxylic acids is 2. The van der Waals surface area contributed by atoms with Crippen LogP contribution in [-0.2, 0) is 22.7 Å². The molecule has 0 aromatic heterocycles. The van der Waals surface area contributed by atoms with Crippen molar-refractivity contribution in [3.63, 3.8) is 0 Å². The molecule has 2 rings (SSSR count). The first kappa shape index (κ1) is 14.5. The molecule has 0 aromatic rings. The summed E-state index contributed by atoms with van der Waals surface area (Å²) in [5, 5.41) is 1.22. The topological polar surface area (TPSA) is 103 Å². The van der Waals surface area contributed by atoms with E-state index in [0.717, 1.165) is 0 Å². The van der Waals surface area contributed by atoms with Gasteiger partial charge in [0.2, 0.25) is 0 Å². The van der Waals surface area contributed by atoms with Crippen molar-refractivity contribution in [3.8, 4) is 0 Å². The molecule has 0 spiro atoms. The summed E-state index contributed by atoms with van der Waals surface area (Å²) in [4.78, 5) is 21.9. The molecule has 10 heteroatoms. The van der Waals surface area contributed by atoms with Crippen LogP contribution in [0.4, 0.5) is 0 Å². The van der Waals surface area contributed by atoms with Crippen LogP contribution in [0.25, 0.3) is 0 Å². The zero-order valence-corrected chi connectivity index (χ0v) is 14.6. The van der Waals surface area contributed by atoms with Crippen molar-refractivity contribution in [2.45, 2.75) is 23.3 Å². The molecule has 2 aliphatic rings. The second-order valence-corrected chi connectivity index (χ2v) is 15.9. The molecule has 4 radical (unpaired) electrons. The molecule has 2 fully saturated rings. The molecule has 16 heavy (non-hydrogen) atoms. The van der Waals surface area contributed by atoms with Gasteiger partial charge >= 0.3 is 104 Å². The van der Waals surface area contributed by atoms with Gasteiger partial charge in [0.15, 0.2) is 0 Å². The summed E-state index contributed by atoms with van der Waals surface area (Å²) in [6.45, 7) is 0. The Labute approximate surface area is 109 Å². The molecule has 0 aliphatic carbocycles. The first-order valence-corrected chi connectivity index (χ1v) is 12.6. The zero-order valence-electron chi connectivity index (χ0n) is 8.28. The summed E-state index contributed by atoms with van der Waals surface area (Å²) < 4.78 is 21.2. The molecule has 2 N–H and O–H groups in total. The van der Waals surface area contributed by atoms with Crippen LogP contribution in [0.5, 0.6) is 0 Å². The second-order valence-electron chi connectivity index (χ2n) is 3.21. The van der Waals surface area contributed by atoms with Crippen LogP contribution in [0.2, 0.25) is 10.5 Å². The molecule has 0 aromatic carbocycles. The van der Waals surface area contributed by atoms with E-state index in [9.17, 15) is 9.59 Å². The molecule has 0 amide bonds. The third kappa shape index (κ3) is 3.23. The first-order chi connectivity index (χ1) is 7.13. The van der Waals surface area contributed by atoms with Crippen molar-refractivity contribution in [1.82, 2.24) is 0 Å². The summed E-state index contributed by atoms with van der Waals surface area (Å²) in [6.07, 6.45) is 0.776. The molecular formula is C6H10Ge3O7. The van der Waals surface area contributed by atoms with Gasteiger partial charge in [-0.2, -0.15) is 0 Å². The number of rotatable bonds is 3. The van der Waals surface area contributed by atoms with E-state index >= 15 is 0 Å². The maximum atomic E-state index is 11.0. The van der Waals surface area contributed by atoms with Crippen LogP contribution < -0.4 is 0 Å². The molecule has 2 heterocycles. The Morgan fingerprint density at radius 3 is 2.50 bits per heavy atom. The van der Waals surface area contributed by atoms with Crippen molar-refractivity contribution in [2.75, 3.05) is 0 Å². The van der Waals surface area contributed by atoms with Gasteiger partial charge in [-0.25, -0.2) is 0 Å². The maximum absolute atomic E-state index is 11.0. The van der Waals surface area contributed by atoms with Crippen molar-refractivity contribution < 1.29 is 28.2 Å². The van der Waals surface area contributed by atoms with Crippen molar-refractivity contribution in [3.05, 3.63) is 0 Å². The van der Waals surface area contributed by atoms with E-state index in [4.69, 9.17) is 13.1 Å². The van der Waals surface area contributed by atoms with Gasteiger partial charge < -0.3 is 5.48 Å². The van der Waals surface area contributed by atoms with E-state index in [0.29, 0.717) is 23.3 Å². The van der Waals surface area contributed by atoms with Gasteiger partial charge in [-0.3, -0.25) is 0 Å². The minimum absolute atomic E-state index is 0. The Balaban J connectivity index is 0.00000128. The van der Waals surface area contributed by atoms with Gasteiger partial charge in [-0.1, -0.05) is 0 Å². The molecular weight excluding hydrogens is 402 g/mol. The average Bonchev–Trinajstić information content (AvgIpc) is 2.75. The molecule has 0 bridgehead atoms. The van der Waals surface area contributed by atoms with Crippen LogP contribution in [-0.4, -0.2) is 63.6 Å². The number of hydrogen-bond acceptors (Lipinski definition) is 6. The summed E-state index contributed by atoms with van der Waals surface area (Å²) in [5.41, 5.74) is 0. The van der Waals surface area contributed by atoms with Gasteiger partial charge in [0.25, 0.3) is 0 Å². The summed E-state index contributed by atoms with van der Waals surface area (Å²) >= 11 is -4.10. The number of carbonyl (C=O) groups is 2. The van der Waals surface area contributed by atoms with E-state index in [1.807, 2.05) is 0 Å². The van der Waals surface area contributed by atoms with E-state index in [1.54, 1.807) is 0 Å². The van der Waals surface area contributed by atoms with Gasteiger partial charge in [0.05, 0.1) is 0 Å². The predicted molar refractivity (Wildman–Crippen MR) is 54.1 cm³/mol. The predicted octanol–water partition coefficient (Wildman–Crippen LogP) is -1.40. The molecule has 0 saturated carbocycles. The van der Waals surface area contributed by atoms with Crippen LogP contribution in [0.3, 0.4) is 0 Å². The van der Waals surface area contributed by atoms with Gasteiger partial charge in [0, 0.05) is 0 Å². The van der Waals surface area contributed by atoms with E-state index in [2.05, 4.69) is 0 Å².